The van der Waals surface area contributed by atoms with Crippen LogP contribution in [0.4, 0.5) is 5.88 Å². The molecule has 2 aromatic heterocycles. The molecule has 116 valence electrons. The van der Waals surface area contributed by atoms with Crippen LogP contribution >= 0.6 is 11.8 Å². The van der Waals surface area contributed by atoms with Gasteiger partial charge in [0.15, 0.2) is 5.76 Å². The van der Waals surface area contributed by atoms with Crippen LogP contribution in [-0.4, -0.2) is 32.5 Å². The lowest BCUT2D eigenvalue weighted by molar-refractivity contribution is -0.401. The van der Waals surface area contributed by atoms with Gasteiger partial charge in [0.25, 0.3) is 17.0 Å². The molecular formula is C11H11N5O5S. The van der Waals surface area contributed by atoms with Gasteiger partial charge in [-0.25, -0.2) is 5.43 Å². The highest BCUT2D eigenvalue weighted by Crippen LogP contribution is 2.27. The summed E-state index contributed by atoms with van der Waals surface area (Å²) in [5.74, 6) is -0.620. The normalized spacial score (nSPS) is 10.3. The van der Waals surface area contributed by atoms with Crippen molar-refractivity contribution in [2.24, 2.45) is 5.10 Å². The van der Waals surface area contributed by atoms with E-state index in [1.165, 1.54) is 12.1 Å². The molecule has 2 rings (SSSR count). The molecule has 0 aliphatic carbocycles. The van der Waals surface area contributed by atoms with E-state index in [0.717, 1.165) is 17.5 Å². The molecule has 22 heavy (non-hydrogen) atoms. The van der Waals surface area contributed by atoms with E-state index < -0.39 is 10.8 Å². The topological polar surface area (TPSA) is 137 Å². The predicted molar refractivity (Wildman–Crippen MR) is 76.3 cm³/mol. The number of nitro groups is 1. The average Bonchev–Trinajstić information content (AvgIpc) is 3.11. The SMILES string of the molecule is CC(C)=NNC(=O)CSc1nnc(-c2ccc([N+](=O)[O-])o2)o1. The van der Waals surface area contributed by atoms with Gasteiger partial charge in [-0.05, 0) is 19.9 Å². The first kappa shape index (κ1) is 15.7. The number of furan rings is 1. The standard InChI is InChI=1S/C11H11N5O5S/c1-6(2)12-13-8(17)5-22-11-15-14-10(21-11)7-3-4-9(20-7)16(18)19/h3-4H,5H2,1-2H3,(H,13,17). The Kier molecular flexibility index (Phi) is 4.88. The van der Waals surface area contributed by atoms with E-state index in [9.17, 15) is 14.9 Å². The number of rotatable bonds is 6. The Morgan fingerprint density at radius 3 is 2.82 bits per heavy atom. The minimum absolute atomic E-state index is 0.00145. The van der Waals surface area contributed by atoms with Crippen molar-refractivity contribution in [1.29, 1.82) is 0 Å². The Hall–Kier alpha value is -2.69. The molecule has 11 heteroatoms. The van der Waals surface area contributed by atoms with Crippen molar-refractivity contribution in [1.82, 2.24) is 15.6 Å². The third-order valence-corrected chi connectivity index (χ3v) is 2.94. The molecule has 0 bridgehead atoms. The van der Waals surface area contributed by atoms with Gasteiger partial charge in [0.2, 0.25) is 0 Å². The molecule has 0 saturated carbocycles. The number of nitrogens with zero attached hydrogens (tertiary/aromatic N) is 4. The number of carbonyl (C=O) groups excluding carboxylic acids is 1. The van der Waals surface area contributed by atoms with Crippen molar-refractivity contribution in [3.63, 3.8) is 0 Å². The van der Waals surface area contributed by atoms with Crippen molar-refractivity contribution in [3.05, 3.63) is 22.2 Å². The molecule has 0 aliphatic rings. The van der Waals surface area contributed by atoms with E-state index in [4.69, 9.17) is 8.83 Å². The minimum Gasteiger partial charge on any atom is -0.408 e. The molecule has 2 aromatic rings. The van der Waals surface area contributed by atoms with E-state index in [-0.39, 0.29) is 28.5 Å². The van der Waals surface area contributed by atoms with Crippen molar-refractivity contribution in [3.8, 4) is 11.7 Å². The second kappa shape index (κ2) is 6.85. The third kappa shape index (κ3) is 4.15. The van der Waals surface area contributed by atoms with Crippen LogP contribution in [0.15, 0.2) is 31.3 Å². The molecule has 0 radical (unpaired) electrons. The monoisotopic (exact) mass is 325 g/mol. The summed E-state index contributed by atoms with van der Waals surface area (Å²) in [5, 5.41) is 21.8. The van der Waals surface area contributed by atoms with Crippen LogP contribution in [0, 0.1) is 10.1 Å². The molecule has 0 aromatic carbocycles. The molecule has 1 N–H and O–H groups in total. The van der Waals surface area contributed by atoms with Gasteiger partial charge in [-0.1, -0.05) is 11.8 Å². The van der Waals surface area contributed by atoms with Gasteiger partial charge in [0.05, 0.1) is 11.8 Å². The lowest BCUT2D eigenvalue weighted by Crippen LogP contribution is -2.20. The van der Waals surface area contributed by atoms with Crippen molar-refractivity contribution in [2.75, 3.05) is 5.75 Å². The van der Waals surface area contributed by atoms with Crippen LogP contribution in [0.1, 0.15) is 13.8 Å². The fraction of sp³-hybridized carbons (Fsp3) is 0.273. The van der Waals surface area contributed by atoms with Crippen molar-refractivity contribution < 1.29 is 18.6 Å². The molecule has 0 fully saturated rings. The van der Waals surface area contributed by atoms with Crippen molar-refractivity contribution >= 4 is 29.3 Å². The Morgan fingerprint density at radius 2 is 2.18 bits per heavy atom. The zero-order valence-electron chi connectivity index (χ0n) is 11.6. The number of hydrazone groups is 1. The molecule has 0 saturated heterocycles. The summed E-state index contributed by atoms with van der Waals surface area (Å²) in [4.78, 5) is 21.3. The molecule has 1 amide bonds. The van der Waals surface area contributed by atoms with Crippen LogP contribution in [0.5, 0.6) is 0 Å². The summed E-state index contributed by atoms with van der Waals surface area (Å²) in [7, 11) is 0. The molecular weight excluding hydrogens is 314 g/mol. The zero-order valence-corrected chi connectivity index (χ0v) is 12.4. The fourth-order valence-electron chi connectivity index (χ4n) is 1.24. The summed E-state index contributed by atoms with van der Waals surface area (Å²) >= 11 is 1.01. The highest BCUT2D eigenvalue weighted by Gasteiger charge is 2.18. The zero-order chi connectivity index (χ0) is 16.1. The molecule has 2 heterocycles. The fourth-order valence-corrected chi connectivity index (χ4v) is 1.80. The van der Waals surface area contributed by atoms with Gasteiger partial charge in [0, 0.05) is 5.71 Å². The number of carbonyl (C=O) groups is 1. The molecule has 0 spiro atoms. The second-order valence-corrected chi connectivity index (χ2v) is 5.08. The number of amides is 1. The van der Waals surface area contributed by atoms with Gasteiger partial charge >= 0.3 is 5.88 Å². The van der Waals surface area contributed by atoms with E-state index in [1.807, 2.05) is 0 Å². The van der Waals surface area contributed by atoms with Gasteiger partial charge in [0.1, 0.15) is 4.92 Å². The number of nitrogens with one attached hydrogen (secondary N) is 1. The minimum atomic E-state index is -0.671. The van der Waals surface area contributed by atoms with Crippen LogP contribution < -0.4 is 5.43 Å². The van der Waals surface area contributed by atoms with Crippen LogP contribution in [0.25, 0.3) is 11.7 Å². The highest BCUT2D eigenvalue weighted by molar-refractivity contribution is 7.99. The van der Waals surface area contributed by atoms with Gasteiger partial charge in [-0.2, -0.15) is 5.10 Å². The van der Waals surface area contributed by atoms with Gasteiger partial charge in [-0.3, -0.25) is 14.9 Å². The number of thioether (sulfide) groups is 1. The maximum atomic E-state index is 11.5. The predicted octanol–water partition coefficient (Wildman–Crippen LogP) is 1.84. The number of hydrogen-bond donors (Lipinski definition) is 1. The van der Waals surface area contributed by atoms with E-state index in [1.54, 1.807) is 13.8 Å². The Bertz CT molecular complexity index is 718. The second-order valence-electron chi connectivity index (χ2n) is 4.15. The lowest BCUT2D eigenvalue weighted by Gasteiger charge is -1.97. The first-order chi connectivity index (χ1) is 10.5. The first-order valence-electron chi connectivity index (χ1n) is 5.96. The van der Waals surface area contributed by atoms with E-state index in [0.29, 0.717) is 0 Å². The smallest absolute Gasteiger partial charge is 0.408 e. The van der Waals surface area contributed by atoms with Crippen molar-refractivity contribution in [2.45, 2.75) is 19.1 Å². The summed E-state index contributed by atoms with van der Waals surface area (Å²) in [6.45, 7) is 3.50. The maximum absolute atomic E-state index is 11.5. The van der Waals surface area contributed by atoms with E-state index in [2.05, 4.69) is 20.7 Å². The number of hydrogen-bond acceptors (Lipinski definition) is 9. The molecule has 10 nitrogen and oxygen atoms in total. The lowest BCUT2D eigenvalue weighted by atomic mass is 10.4. The third-order valence-electron chi connectivity index (χ3n) is 2.12. The molecule has 0 aliphatic heterocycles. The Balaban J connectivity index is 1.95. The largest absolute Gasteiger partial charge is 0.433 e. The summed E-state index contributed by atoms with van der Waals surface area (Å²) in [6, 6.07) is 2.54. The Labute approximate surface area is 128 Å². The number of aromatic nitrogens is 2. The summed E-state index contributed by atoms with van der Waals surface area (Å²) in [5.41, 5.74) is 3.07. The summed E-state index contributed by atoms with van der Waals surface area (Å²) in [6.07, 6.45) is 0. The summed E-state index contributed by atoms with van der Waals surface area (Å²) < 4.78 is 10.2. The van der Waals surface area contributed by atoms with Gasteiger partial charge < -0.3 is 8.83 Å². The quantitative estimate of drug-likeness (QED) is 0.367. The highest BCUT2D eigenvalue weighted by atomic mass is 32.2. The van der Waals surface area contributed by atoms with Gasteiger partial charge in [-0.15, -0.1) is 10.2 Å². The molecule has 0 unspecified atom stereocenters. The van der Waals surface area contributed by atoms with Crippen LogP contribution in [-0.2, 0) is 4.79 Å². The van der Waals surface area contributed by atoms with E-state index >= 15 is 0 Å². The molecule has 0 atom stereocenters. The van der Waals surface area contributed by atoms with Crippen LogP contribution in [0.3, 0.4) is 0 Å². The first-order valence-corrected chi connectivity index (χ1v) is 6.95. The maximum Gasteiger partial charge on any atom is 0.433 e. The Morgan fingerprint density at radius 1 is 1.41 bits per heavy atom. The average molecular weight is 325 g/mol. The van der Waals surface area contributed by atoms with Crippen LogP contribution in [0.2, 0.25) is 0 Å².